The van der Waals surface area contributed by atoms with E-state index in [4.69, 9.17) is 0 Å². The minimum Gasteiger partial charge on any atom is -0.507 e. The fourth-order valence-corrected chi connectivity index (χ4v) is 4.76. The van der Waals surface area contributed by atoms with Crippen molar-refractivity contribution >= 4 is 21.8 Å². The topological polar surface area (TPSA) is 84.5 Å². The normalized spacial score (nSPS) is 11.5. The highest BCUT2D eigenvalue weighted by Gasteiger charge is 2.32. The van der Waals surface area contributed by atoms with E-state index in [0.717, 1.165) is 5.56 Å². The lowest BCUT2D eigenvalue weighted by Gasteiger charge is -2.23. The Labute approximate surface area is 195 Å². The molecule has 34 heavy (non-hydrogen) atoms. The van der Waals surface area contributed by atoms with Crippen LogP contribution in [-0.4, -0.2) is 19.3 Å². The number of hydrogen-bond acceptors (Lipinski definition) is 4. The number of aromatic nitrogens is 2. The average molecular weight is 453 g/mol. The Kier molecular flexibility index (Phi) is 5.01. The molecule has 0 unspecified atom stereocenters. The van der Waals surface area contributed by atoms with E-state index in [1.165, 1.54) is 9.13 Å². The highest BCUT2D eigenvalue weighted by Crippen LogP contribution is 2.41. The van der Waals surface area contributed by atoms with Crippen LogP contribution in [0, 0.1) is 6.92 Å². The number of benzene rings is 3. The van der Waals surface area contributed by atoms with E-state index < -0.39 is 17.0 Å². The van der Waals surface area contributed by atoms with Crippen LogP contribution in [0.1, 0.15) is 28.2 Å². The van der Waals surface area contributed by atoms with Gasteiger partial charge in [0.2, 0.25) is 0 Å². The van der Waals surface area contributed by atoms with E-state index in [1.54, 1.807) is 62.6 Å². The van der Waals surface area contributed by atoms with Crippen molar-refractivity contribution in [1.29, 1.82) is 0 Å². The highest BCUT2D eigenvalue weighted by atomic mass is 16.3. The van der Waals surface area contributed by atoms with Crippen LogP contribution in [0.25, 0.3) is 21.8 Å². The first-order valence-electron chi connectivity index (χ1n) is 11.0. The number of para-hydroxylation sites is 2. The molecule has 0 aliphatic heterocycles. The molecule has 0 aliphatic carbocycles. The van der Waals surface area contributed by atoms with Gasteiger partial charge in [-0.3, -0.25) is 9.59 Å². The second kappa shape index (κ2) is 7.92. The average Bonchev–Trinajstić information content (AvgIpc) is 2.86. The Balaban J connectivity index is 1.97. The molecule has 0 fully saturated rings. The molecule has 0 spiro atoms. The van der Waals surface area contributed by atoms with Crippen LogP contribution in [0.15, 0.2) is 82.4 Å². The summed E-state index contributed by atoms with van der Waals surface area (Å²) in [5, 5.41) is 23.7. The maximum atomic E-state index is 13.6. The van der Waals surface area contributed by atoms with Gasteiger partial charge in [-0.1, -0.05) is 54.1 Å². The maximum Gasteiger partial charge on any atom is 0.258 e. The van der Waals surface area contributed by atoms with E-state index in [-0.39, 0.29) is 22.6 Å². The fraction of sp³-hybridized carbons (Fsp3) is 0.143. The predicted octanol–water partition coefficient (Wildman–Crippen LogP) is 4.29. The minimum absolute atomic E-state index is 0.0488. The van der Waals surface area contributed by atoms with Crippen molar-refractivity contribution < 1.29 is 10.2 Å². The van der Waals surface area contributed by atoms with Crippen LogP contribution in [0.5, 0.6) is 11.5 Å². The van der Waals surface area contributed by atoms with Gasteiger partial charge >= 0.3 is 0 Å². The van der Waals surface area contributed by atoms with Crippen molar-refractivity contribution in [2.24, 2.45) is 14.1 Å². The summed E-state index contributed by atoms with van der Waals surface area (Å²) in [4.78, 5) is 27.3. The van der Waals surface area contributed by atoms with Crippen molar-refractivity contribution in [2.45, 2.75) is 12.8 Å². The lowest BCUT2D eigenvalue weighted by molar-refractivity contribution is 0.460. The number of fused-ring (bicyclic) bond motifs is 2. The van der Waals surface area contributed by atoms with E-state index in [0.29, 0.717) is 27.4 Å². The summed E-state index contributed by atoms with van der Waals surface area (Å²) in [6.07, 6.45) is 0. The zero-order chi connectivity index (χ0) is 24.1. The third-order valence-electron chi connectivity index (χ3n) is 6.61. The summed E-state index contributed by atoms with van der Waals surface area (Å²) in [6, 6.07) is 21.5. The molecule has 6 heteroatoms. The quantitative estimate of drug-likeness (QED) is 0.428. The Morgan fingerprint density at radius 1 is 0.647 bits per heavy atom. The number of pyridine rings is 2. The second-order valence-corrected chi connectivity index (χ2v) is 8.63. The van der Waals surface area contributed by atoms with Crippen molar-refractivity contribution in [2.75, 3.05) is 0 Å². The fourth-order valence-electron chi connectivity index (χ4n) is 4.76. The Morgan fingerprint density at radius 3 is 1.50 bits per heavy atom. The zero-order valence-corrected chi connectivity index (χ0v) is 19.1. The molecule has 0 aliphatic rings. The van der Waals surface area contributed by atoms with Gasteiger partial charge < -0.3 is 19.3 Å². The maximum absolute atomic E-state index is 13.6. The molecule has 5 aromatic rings. The number of aryl methyl sites for hydroxylation is 3. The number of hydrogen-bond donors (Lipinski definition) is 2. The van der Waals surface area contributed by atoms with Gasteiger partial charge in [0, 0.05) is 24.9 Å². The zero-order valence-electron chi connectivity index (χ0n) is 19.1. The van der Waals surface area contributed by atoms with Gasteiger partial charge in [-0.2, -0.15) is 0 Å². The third kappa shape index (κ3) is 3.10. The molecule has 0 saturated heterocycles. The number of aromatic hydroxyl groups is 2. The van der Waals surface area contributed by atoms with Crippen molar-refractivity contribution in [3.05, 3.63) is 116 Å². The van der Waals surface area contributed by atoms with Crippen LogP contribution < -0.4 is 11.1 Å². The van der Waals surface area contributed by atoms with Gasteiger partial charge in [-0.05, 0) is 36.8 Å². The first kappa shape index (κ1) is 21.5. The lowest BCUT2D eigenvalue weighted by atomic mass is 9.83. The van der Waals surface area contributed by atoms with E-state index in [1.807, 2.05) is 31.2 Å². The van der Waals surface area contributed by atoms with Crippen LogP contribution in [0.4, 0.5) is 0 Å². The van der Waals surface area contributed by atoms with E-state index in [9.17, 15) is 19.8 Å². The lowest BCUT2D eigenvalue weighted by Crippen LogP contribution is -2.30. The van der Waals surface area contributed by atoms with Crippen LogP contribution in [0.2, 0.25) is 0 Å². The SMILES string of the molecule is Cc1ccc(C(c2c(O)c3ccccc3n(C)c2=O)c2c(O)c3ccccc3n(C)c2=O)cc1. The Bertz CT molecular complexity index is 1590. The standard InChI is InChI=1S/C28H24N2O4/c1-16-12-14-17(15-13-16)22(23-25(31)18-8-4-6-10-20(18)29(2)27(23)33)24-26(32)19-9-5-7-11-21(19)30(3)28(24)34/h4-15,22,31-32H,1-3H3. The first-order chi connectivity index (χ1) is 16.3. The molecule has 0 bridgehead atoms. The predicted molar refractivity (Wildman–Crippen MR) is 134 cm³/mol. The Hall–Kier alpha value is -4.32. The monoisotopic (exact) mass is 452 g/mol. The summed E-state index contributed by atoms with van der Waals surface area (Å²) in [7, 11) is 3.27. The van der Waals surface area contributed by atoms with Gasteiger partial charge in [0.25, 0.3) is 11.1 Å². The molecule has 0 radical (unpaired) electrons. The molecule has 5 rings (SSSR count). The Morgan fingerprint density at radius 2 is 1.06 bits per heavy atom. The third-order valence-corrected chi connectivity index (χ3v) is 6.61. The van der Waals surface area contributed by atoms with E-state index in [2.05, 4.69) is 0 Å². The molecule has 0 amide bonds. The molecule has 2 N–H and O–H groups in total. The summed E-state index contributed by atoms with van der Waals surface area (Å²) in [5.41, 5.74) is 2.01. The molecule has 170 valence electrons. The number of nitrogens with zero attached hydrogens (tertiary/aromatic N) is 2. The van der Waals surface area contributed by atoms with Gasteiger partial charge in [0.1, 0.15) is 11.5 Å². The van der Waals surface area contributed by atoms with Gasteiger partial charge in [-0.25, -0.2) is 0 Å². The minimum atomic E-state index is -0.979. The summed E-state index contributed by atoms with van der Waals surface area (Å²) in [5.74, 6) is -1.37. The van der Waals surface area contributed by atoms with Crippen LogP contribution in [-0.2, 0) is 14.1 Å². The molecule has 0 saturated carbocycles. The van der Waals surface area contributed by atoms with Crippen molar-refractivity contribution in [1.82, 2.24) is 9.13 Å². The summed E-state index contributed by atoms with van der Waals surface area (Å²) in [6.45, 7) is 1.94. The van der Waals surface area contributed by atoms with Crippen molar-refractivity contribution in [3.8, 4) is 11.5 Å². The largest absolute Gasteiger partial charge is 0.507 e. The molecule has 2 aromatic heterocycles. The van der Waals surface area contributed by atoms with Crippen LogP contribution >= 0.6 is 0 Å². The summed E-state index contributed by atoms with van der Waals surface area (Å²) >= 11 is 0. The first-order valence-corrected chi connectivity index (χ1v) is 11.0. The molecule has 0 atom stereocenters. The smallest absolute Gasteiger partial charge is 0.258 e. The van der Waals surface area contributed by atoms with Crippen LogP contribution in [0.3, 0.4) is 0 Å². The molecule has 3 aromatic carbocycles. The highest BCUT2D eigenvalue weighted by molar-refractivity contribution is 5.89. The number of rotatable bonds is 3. The van der Waals surface area contributed by atoms with E-state index >= 15 is 0 Å². The summed E-state index contributed by atoms with van der Waals surface area (Å²) < 4.78 is 2.93. The molecular formula is C28H24N2O4. The van der Waals surface area contributed by atoms with Crippen molar-refractivity contribution in [3.63, 3.8) is 0 Å². The molecule has 2 heterocycles. The van der Waals surface area contributed by atoms with Gasteiger partial charge in [-0.15, -0.1) is 0 Å². The second-order valence-electron chi connectivity index (χ2n) is 8.63. The van der Waals surface area contributed by atoms with Gasteiger partial charge in [0.15, 0.2) is 0 Å². The van der Waals surface area contributed by atoms with Gasteiger partial charge in [0.05, 0.1) is 28.1 Å². The molecular weight excluding hydrogens is 428 g/mol. The molecule has 6 nitrogen and oxygen atoms in total.